The van der Waals surface area contributed by atoms with E-state index in [9.17, 15) is 4.79 Å². The van der Waals surface area contributed by atoms with E-state index < -0.39 is 17.3 Å². The maximum atomic E-state index is 10.9. The molecule has 1 unspecified atom stereocenters. The molecule has 0 fully saturated rings. The summed E-state index contributed by atoms with van der Waals surface area (Å²) in [5.41, 5.74) is -0.513. The third kappa shape index (κ3) is 3.77. The molecule has 0 rings (SSSR count). The van der Waals surface area contributed by atoms with E-state index in [1.165, 1.54) is 0 Å². The van der Waals surface area contributed by atoms with Gasteiger partial charge in [0.05, 0.1) is 5.92 Å². The molecule has 0 heterocycles. The van der Waals surface area contributed by atoms with E-state index in [0.717, 1.165) is 12.8 Å². The highest BCUT2D eigenvalue weighted by atomic mass is 16.4. The molecular formula is C10H20O3. The van der Waals surface area contributed by atoms with E-state index in [1.54, 1.807) is 13.8 Å². The molecule has 0 aromatic heterocycles. The Morgan fingerprint density at radius 1 is 1.46 bits per heavy atom. The van der Waals surface area contributed by atoms with Crippen LogP contribution in [0.2, 0.25) is 0 Å². The fourth-order valence-corrected chi connectivity index (χ4v) is 1.37. The lowest BCUT2D eigenvalue weighted by atomic mass is 9.77. The minimum Gasteiger partial charge on any atom is -0.481 e. The quantitative estimate of drug-likeness (QED) is 0.669. The van der Waals surface area contributed by atoms with Crippen LogP contribution in [0.3, 0.4) is 0 Å². The van der Waals surface area contributed by atoms with Crippen LogP contribution in [0, 0.1) is 11.3 Å². The monoisotopic (exact) mass is 188 g/mol. The van der Waals surface area contributed by atoms with E-state index in [0.29, 0.717) is 6.42 Å². The molecule has 0 aliphatic rings. The SMILES string of the molecule is CCCCC(C(=O)O)C(C)(C)CO. The van der Waals surface area contributed by atoms with Gasteiger partial charge in [-0.25, -0.2) is 0 Å². The van der Waals surface area contributed by atoms with Crippen molar-refractivity contribution in [2.75, 3.05) is 6.61 Å². The molecule has 13 heavy (non-hydrogen) atoms. The summed E-state index contributed by atoms with van der Waals surface area (Å²) in [6.45, 7) is 5.54. The van der Waals surface area contributed by atoms with Gasteiger partial charge in [-0.05, 0) is 6.42 Å². The van der Waals surface area contributed by atoms with Gasteiger partial charge in [-0.1, -0.05) is 33.6 Å². The van der Waals surface area contributed by atoms with Gasteiger partial charge < -0.3 is 10.2 Å². The number of rotatable bonds is 6. The van der Waals surface area contributed by atoms with Crippen LogP contribution >= 0.6 is 0 Å². The maximum absolute atomic E-state index is 10.9. The molecule has 0 saturated heterocycles. The molecule has 0 aliphatic heterocycles. The third-order valence-electron chi connectivity index (χ3n) is 2.50. The Balaban J connectivity index is 4.32. The van der Waals surface area contributed by atoms with Gasteiger partial charge in [-0.15, -0.1) is 0 Å². The van der Waals surface area contributed by atoms with Crippen molar-refractivity contribution in [2.24, 2.45) is 11.3 Å². The molecule has 0 radical (unpaired) electrons. The van der Waals surface area contributed by atoms with Crippen LogP contribution < -0.4 is 0 Å². The Labute approximate surface area is 79.8 Å². The summed E-state index contributed by atoms with van der Waals surface area (Å²) in [7, 11) is 0. The minimum atomic E-state index is -0.799. The van der Waals surface area contributed by atoms with Crippen molar-refractivity contribution in [3.05, 3.63) is 0 Å². The molecule has 2 N–H and O–H groups in total. The van der Waals surface area contributed by atoms with Gasteiger partial charge >= 0.3 is 5.97 Å². The van der Waals surface area contributed by atoms with Crippen molar-refractivity contribution in [1.29, 1.82) is 0 Å². The van der Waals surface area contributed by atoms with Gasteiger partial charge in [0.1, 0.15) is 0 Å². The molecule has 3 nitrogen and oxygen atoms in total. The number of carboxylic acids is 1. The summed E-state index contributed by atoms with van der Waals surface area (Å²) in [6.07, 6.45) is 2.55. The summed E-state index contributed by atoms with van der Waals surface area (Å²) >= 11 is 0. The molecule has 78 valence electrons. The number of unbranched alkanes of at least 4 members (excludes halogenated alkanes) is 1. The fourth-order valence-electron chi connectivity index (χ4n) is 1.37. The van der Waals surface area contributed by atoms with Crippen LogP contribution in [0.15, 0.2) is 0 Å². The molecule has 0 saturated carbocycles. The molecule has 0 bridgehead atoms. The van der Waals surface area contributed by atoms with Crippen LogP contribution in [0.5, 0.6) is 0 Å². The van der Waals surface area contributed by atoms with E-state index in [2.05, 4.69) is 0 Å². The molecule has 0 aliphatic carbocycles. The maximum Gasteiger partial charge on any atom is 0.307 e. The molecule has 0 aromatic carbocycles. The standard InChI is InChI=1S/C10H20O3/c1-4-5-6-8(9(12)13)10(2,3)7-11/h8,11H,4-7H2,1-3H3,(H,12,13). The van der Waals surface area contributed by atoms with Crippen molar-refractivity contribution in [1.82, 2.24) is 0 Å². The smallest absolute Gasteiger partial charge is 0.307 e. The van der Waals surface area contributed by atoms with Gasteiger partial charge in [-0.3, -0.25) is 4.79 Å². The summed E-state index contributed by atoms with van der Waals surface area (Å²) in [5.74, 6) is -1.23. The van der Waals surface area contributed by atoms with E-state index >= 15 is 0 Å². The van der Waals surface area contributed by atoms with Crippen LogP contribution in [0.4, 0.5) is 0 Å². The Hall–Kier alpha value is -0.570. The van der Waals surface area contributed by atoms with E-state index in [1.807, 2.05) is 6.92 Å². The highest BCUT2D eigenvalue weighted by Crippen LogP contribution is 2.30. The van der Waals surface area contributed by atoms with Crippen molar-refractivity contribution in [3.8, 4) is 0 Å². The number of hydrogen-bond donors (Lipinski definition) is 2. The van der Waals surface area contributed by atoms with Crippen molar-refractivity contribution in [2.45, 2.75) is 40.0 Å². The van der Waals surface area contributed by atoms with E-state index in [4.69, 9.17) is 10.2 Å². The Bertz CT molecular complexity index is 164. The molecule has 0 spiro atoms. The zero-order valence-electron chi connectivity index (χ0n) is 8.71. The second kappa shape index (κ2) is 5.22. The summed E-state index contributed by atoms with van der Waals surface area (Å²) in [4.78, 5) is 10.9. The van der Waals surface area contributed by atoms with Crippen molar-refractivity contribution in [3.63, 3.8) is 0 Å². The first-order valence-electron chi connectivity index (χ1n) is 4.79. The number of hydrogen-bond acceptors (Lipinski definition) is 2. The fraction of sp³-hybridized carbons (Fsp3) is 0.900. The second-order valence-corrected chi connectivity index (χ2v) is 4.18. The van der Waals surface area contributed by atoms with Gasteiger partial charge in [0.15, 0.2) is 0 Å². The van der Waals surface area contributed by atoms with Crippen molar-refractivity contribution < 1.29 is 15.0 Å². The van der Waals surface area contributed by atoms with Gasteiger partial charge in [0.2, 0.25) is 0 Å². The average Bonchev–Trinajstić information content (AvgIpc) is 2.04. The first-order chi connectivity index (χ1) is 5.95. The summed E-state index contributed by atoms with van der Waals surface area (Å²) in [5, 5.41) is 18.0. The summed E-state index contributed by atoms with van der Waals surface area (Å²) in [6, 6.07) is 0. The highest BCUT2D eigenvalue weighted by molar-refractivity contribution is 5.70. The molecule has 1 atom stereocenters. The molecular weight excluding hydrogens is 168 g/mol. The van der Waals surface area contributed by atoms with Crippen LogP contribution in [-0.2, 0) is 4.79 Å². The zero-order chi connectivity index (χ0) is 10.5. The zero-order valence-corrected chi connectivity index (χ0v) is 8.71. The first-order valence-corrected chi connectivity index (χ1v) is 4.79. The summed E-state index contributed by atoms with van der Waals surface area (Å²) < 4.78 is 0. The lowest BCUT2D eigenvalue weighted by molar-refractivity contribution is -0.147. The van der Waals surface area contributed by atoms with Crippen LogP contribution in [0.25, 0.3) is 0 Å². The predicted molar refractivity (Wildman–Crippen MR) is 51.5 cm³/mol. The first kappa shape index (κ1) is 12.4. The Kier molecular flexibility index (Phi) is 4.99. The number of aliphatic carboxylic acids is 1. The van der Waals surface area contributed by atoms with Gasteiger partial charge in [0.25, 0.3) is 0 Å². The van der Waals surface area contributed by atoms with Crippen molar-refractivity contribution >= 4 is 5.97 Å². The number of carboxylic acid groups (broad SMARTS) is 1. The average molecular weight is 188 g/mol. The lowest BCUT2D eigenvalue weighted by Gasteiger charge is -2.29. The van der Waals surface area contributed by atoms with Gasteiger partial charge in [0, 0.05) is 12.0 Å². The van der Waals surface area contributed by atoms with E-state index in [-0.39, 0.29) is 6.61 Å². The minimum absolute atomic E-state index is 0.0757. The third-order valence-corrected chi connectivity index (χ3v) is 2.50. The highest BCUT2D eigenvalue weighted by Gasteiger charge is 2.33. The molecule has 0 amide bonds. The Morgan fingerprint density at radius 2 is 2.00 bits per heavy atom. The molecule has 0 aromatic rings. The predicted octanol–water partition coefficient (Wildman–Crippen LogP) is 1.90. The number of aliphatic hydroxyl groups is 1. The van der Waals surface area contributed by atoms with Gasteiger partial charge in [-0.2, -0.15) is 0 Å². The largest absolute Gasteiger partial charge is 0.481 e. The van der Waals surface area contributed by atoms with Crippen LogP contribution in [0.1, 0.15) is 40.0 Å². The normalized spacial score (nSPS) is 14.2. The molecule has 3 heteroatoms. The Morgan fingerprint density at radius 3 is 2.31 bits per heavy atom. The lowest BCUT2D eigenvalue weighted by Crippen LogP contribution is -2.33. The van der Waals surface area contributed by atoms with Crippen LogP contribution in [-0.4, -0.2) is 22.8 Å². The second-order valence-electron chi connectivity index (χ2n) is 4.18. The number of carbonyl (C=O) groups is 1. The topological polar surface area (TPSA) is 57.5 Å². The number of aliphatic hydroxyl groups excluding tert-OH is 1.